The summed E-state index contributed by atoms with van der Waals surface area (Å²) < 4.78 is 0. The van der Waals surface area contributed by atoms with Gasteiger partial charge in [-0.2, -0.15) is 11.8 Å². The van der Waals surface area contributed by atoms with Crippen molar-refractivity contribution in [3.63, 3.8) is 0 Å². The summed E-state index contributed by atoms with van der Waals surface area (Å²) in [5, 5.41) is 0. The van der Waals surface area contributed by atoms with E-state index in [2.05, 4.69) is 9.88 Å². The second-order valence-electron chi connectivity index (χ2n) is 3.88. The predicted molar refractivity (Wildman–Crippen MR) is 68.4 cm³/mol. The summed E-state index contributed by atoms with van der Waals surface area (Å²) in [6.45, 7) is 3.60. The van der Waals surface area contributed by atoms with Crippen LogP contribution in [0.3, 0.4) is 0 Å². The van der Waals surface area contributed by atoms with Gasteiger partial charge in [0.1, 0.15) is 5.82 Å². The van der Waals surface area contributed by atoms with E-state index in [1.165, 1.54) is 12.2 Å². The van der Waals surface area contributed by atoms with Crippen LogP contribution in [0.15, 0.2) is 18.3 Å². The number of carbonyl (C=O) groups is 1. The van der Waals surface area contributed by atoms with Crippen LogP contribution in [0.5, 0.6) is 0 Å². The molecule has 0 saturated carbocycles. The molecule has 0 unspecified atom stereocenters. The molecule has 2 heterocycles. The Bertz CT molecular complexity index is 373. The molecule has 0 N–H and O–H groups in total. The van der Waals surface area contributed by atoms with Gasteiger partial charge in [-0.15, -0.1) is 0 Å². The van der Waals surface area contributed by atoms with Crippen LogP contribution < -0.4 is 4.90 Å². The molecule has 2 rings (SSSR count). The maximum Gasteiger partial charge on any atom is 0.163 e. The molecule has 1 aliphatic rings. The Morgan fingerprint density at radius 1 is 1.44 bits per heavy atom. The summed E-state index contributed by atoms with van der Waals surface area (Å²) in [5.41, 5.74) is 0.745. The molecular formula is C12H16N2OS. The largest absolute Gasteiger partial charge is 0.355 e. The molecule has 1 saturated heterocycles. The summed E-state index contributed by atoms with van der Waals surface area (Å²) in [7, 11) is 0. The van der Waals surface area contributed by atoms with Gasteiger partial charge in [0, 0.05) is 25.0 Å². The minimum absolute atomic E-state index is 0.0972. The Hall–Kier alpha value is -1.03. The van der Waals surface area contributed by atoms with E-state index in [9.17, 15) is 4.79 Å². The average molecular weight is 236 g/mol. The second-order valence-corrected chi connectivity index (χ2v) is 5.11. The highest BCUT2D eigenvalue weighted by molar-refractivity contribution is 7.99. The first-order valence-corrected chi connectivity index (χ1v) is 6.73. The number of rotatable bonds is 2. The molecule has 0 atom stereocenters. The van der Waals surface area contributed by atoms with E-state index in [1.54, 1.807) is 13.1 Å². The summed E-state index contributed by atoms with van der Waals surface area (Å²) in [5.74, 6) is 3.28. The predicted octanol–water partition coefficient (Wildman–Crippen LogP) is 2.23. The highest BCUT2D eigenvalue weighted by Gasteiger charge is 2.16. The number of pyridine rings is 1. The lowest BCUT2D eigenvalue weighted by Crippen LogP contribution is -2.28. The van der Waals surface area contributed by atoms with Crippen molar-refractivity contribution in [2.75, 3.05) is 29.5 Å². The number of anilines is 1. The third-order valence-corrected chi connectivity index (χ3v) is 3.74. The van der Waals surface area contributed by atoms with Crippen LogP contribution in [0.25, 0.3) is 0 Å². The number of Topliss-reactive ketones (excluding diaryl/α,β-unsaturated/α-hetero) is 1. The molecule has 16 heavy (non-hydrogen) atoms. The Balaban J connectivity index is 2.27. The van der Waals surface area contributed by atoms with Crippen LogP contribution in [0.2, 0.25) is 0 Å². The van der Waals surface area contributed by atoms with Crippen LogP contribution >= 0.6 is 11.8 Å². The van der Waals surface area contributed by atoms with E-state index in [1.807, 2.05) is 23.9 Å². The van der Waals surface area contributed by atoms with Gasteiger partial charge in [-0.05, 0) is 31.2 Å². The van der Waals surface area contributed by atoms with E-state index in [0.717, 1.165) is 30.2 Å². The molecule has 1 fully saturated rings. The Labute approximate surface area is 100 Å². The smallest absolute Gasteiger partial charge is 0.163 e. The van der Waals surface area contributed by atoms with Crippen molar-refractivity contribution in [1.29, 1.82) is 0 Å². The lowest BCUT2D eigenvalue weighted by Gasteiger charge is -2.22. The summed E-state index contributed by atoms with van der Waals surface area (Å²) in [4.78, 5) is 18.1. The van der Waals surface area contributed by atoms with Crippen molar-refractivity contribution in [1.82, 2.24) is 4.98 Å². The summed E-state index contributed by atoms with van der Waals surface area (Å²) in [6, 6.07) is 3.69. The van der Waals surface area contributed by atoms with Gasteiger partial charge in [-0.3, -0.25) is 4.79 Å². The fourth-order valence-electron chi connectivity index (χ4n) is 1.88. The molecule has 0 spiro atoms. The Morgan fingerprint density at radius 2 is 2.31 bits per heavy atom. The number of carbonyl (C=O) groups excluding carboxylic acids is 1. The molecule has 0 aromatic carbocycles. The van der Waals surface area contributed by atoms with Gasteiger partial charge in [0.15, 0.2) is 5.78 Å². The first kappa shape index (κ1) is 11.5. The minimum Gasteiger partial charge on any atom is -0.355 e. The standard InChI is InChI=1S/C12H16N2OS/c1-10(15)11-4-2-5-13-12(11)14-6-3-8-16-9-7-14/h2,4-5H,3,6-9H2,1H3. The Kier molecular flexibility index (Phi) is 3.83. The molecule has 0 aliphatic carbocycles. The highest BCUT2D eigenvalue weighted by Crippen LogP contribution is 2.21. The summed E-state index contributed by atoms with van der Waals surface area (Å²) in [6.07, 6.45) is 2.93. The highest BCUT2D eigenvalue weighted by atomic mass is 32.2. The zero-order valence-electron chi connectivity index (χ0n) is 9.48. The average Bonchev–Trinajstić information content (AvgIpc) is 2.57. The van der Waals surface area contributed by atoms with Gasteiger partial charge in [-0.25, -0.2) is 4.98 Å². The van der Waals surface area contributed by atoms with E-state index in [-0.39, 0.29) is 5.78 Å². The van der Waals surface area contributed by atoms with E-state index < -0.39 is 0 Å². The van der Waals surface area contributed by atoms with Gasteiger partial charge in [0.2, 0.25) is 0 Å². The SMILES string of the molecule is CC(=O)c1cccnc1N1CCCSCC1. The third kappa shape index (κ3) is 2.55. The second kappa shape index (κ2) is 5.34. The molecule has 3 nitrogen and oxygen atoms in total. The third-order valence-electron chi connectivity index (χ3n) is 2.69. The Morgan fingerprint density at radius 3 is 3.12 bits per heavy atom. The van der Waals surface area contributed by atoms with Crippen molar-refractivity contribution < 1.29 is 4.79 Å². The lowest BCUT2D eigenvalue weighted by atomic mass is 10.1. The van der Waals surface area contributed by atoms with E-state index >= 15 is 0 Å². The van der Waals surface area contributed by atoms with Crippen molar-refractivity contribution in [3.05, 3.63) is 23.9 Å². The monoisotopic (exact) mass is 236 g/mol. The van der Waals surface area contributed by atoms with Crippen molar-refractivity contribution >= 4 is 23.4 Å². The van der Waals surface area contributed by atoms with Crippen molar-refractivity contribution in [3.8, 4) is 0 Å². The van der Waals surface area contributed by atoms with Crippen LogP contribution in [0.1, 0.15) is 23.7 Å². The maximum atomic E-state index is 11.5. The van der Waals surface area contributed by atoms with Crippen molar-refractivity contribution in [2.45, 2.75) is 13.3 Å². The minimum atomic E-state index is 0.0972. The first-order valence-electron chi connectivity index (χ1n) is 5.57. The van der Waals surface area contributed by atoms with Gasteiger partial charge in [-0.1, -0.05) is 0 Å². The molecule has 1 aromatic rings. The number of hydrogen-bond donors (Lipinski definition) is 0. The molecule has 0 radical (unpaired) electrons. The molecular weight excluding hydrogens is 220 g/mol. The topological polar surface area (TPSA) is 33.2 Å². The molecule has 0 bridgehead atoms. The van der Waals surface area contributed by atoms with Gasteiger partial charge >= 0.3 is 0 Å². The molecule has 1 aromatic heterocycles. The first-order chi connectivity index (χ1) is 7.79. The number of ketones is 1. The molecule has 4 heteroatoms. The van der Waals surface area contributed by atoms with Crippen LogP contribution in [-0.4, -0.2) is 35.4 Å². The van der Waals surface area contributed by atoms with Crippen LogP contribution in [0, 0.1) is 0 Å². The normalized spacial score (nSPS) is 16.9. The fourth-order valence-corrected chi connectivity index (χ4v) is 2.77. The molecule has 0 amide bonds. The quantitative estimate of drug-likeness (QED) is 0.737. The fraction of sp³-hybridized carbons (Fsp3) is 0.500. The number of hydrogen-bond acceptors (Lipinski definition) is 4. The zero-order chi connectivity index (χ0) is 11.4. The van der Waals surface area contributed by atoms with E-state index in [4.69, 9.17) is 0 Å². The van der Waals surface area contributed by atoms with Gasteiger partial charge in [0.05, 0.1) is 5.56 Å². The van der Waals surface area contributed by atoms with Gasteiger partial charge < -0.3 is 4.90 Å². The number of nitrogens with zero attached hydrogens (tertiary/aromatic N) is 2. The molecule has 1 aliphatic heterocycles. The lowest BCUT2D eigenvalue weighted by molar-refractivity contribution is 0.101. The zero-order valence-corrected chi connectivity index (χ0v) is 10.3. The van der Waals surface area contributed by atoms with E-state index in [0.29, 0.717) is 0 Å². The number of thioether (sulfide) groups is 1. The number of aromatic nitrogens is 1. The van der Waals surface area contributed by atoms with Crippen molar-refractivity contribution in [2.24, 2.45) is 0 Å². The van der Waals surface area contributed by atoms with Crippen LogP contribution in [-0.2, 0) is 0 Å². The van der Waals surface area contributed by atoms with Gasteiger partial charge in [0.25, 0.3) is 0 Å². The molecule has 86 valence electrons. The maximum absolute atomic E-state index is 11.5. The van der Waals surface area contributed by atoms with Crippen LogP contribution in [0.4, 0.5) is 5.82 Å². The summed E-state index contributed by atoms with van der Waals surface area (Å²) >= 11 is 1.97.